The molecular weight excluding hydrogens is 232 g/mol. The van der Waals surface area contributed by atoms with Crippen LogP contribution in [0, 0.1) is 23.7 Å². The van der Waals surface area contributed by atoms with Crippen LogP contribution < -0.4 is 5.32 Å². The Kier molecular flexibility index (Phi) is 4.81. The summed E-state index contributed by atoms with van der Waals surface area (Å²) >= 11 is 0. The second-order valence-electron chi connectivity index (χ2n) is 7.38. The maximum absolute atomic E-state index is 3.60. The zero-order valence-electron chi connectivity index (χ0n) is 12.7. The lowest BCUT2D eigenvalue weighted by Gasteiger charge is -2.35. The van der Waals surface area contributed by atoms with Crippen molar-refractivity contribution in [2.24, 2.45) is 23.7 Å². The smallest absolute Gasteiger partial charge is 0.00124 e. The van der Waals surface area contributed by atoms with Crippen LogP contribution in [0.5, 0.6) is 0 Å². The SMILES string of the molecule is CCCNCC1CCN(CC2CC3CCC2C3)CC1. The first-order valence-electron chi connectivity index (χ1n) is 8.78. The van der Waals surface area contributed by atoms with Crippen molar-refractivity contribution in [1.82, 2.24) is 10.2 Å². The molecule has 19 heavy (non-hydrogen) atoms. The van der Waals surface area contributed by atoms with Crippen LogP contribution in [0.3, 0.4) is 0 Å². The van der Waals surface area contributed by atoms with Gasteiger partial charge in [-0.1, -0.05) is 13.3 Å². The summed E-state index contributed by atoms with van der Waals surface area (Å²) in [6, 6.07) is 0. The Labute approximate surface area is 119 Å². The Hall–Kier alpha value is -0.0800. The maximum atomic E-state index is 3.60. The number of hydrogen-bond donors (Lipinski definition) is 1. The molecule has 0 aromatic carbocycles. The van der Waals surface area contributed by atoms with E-state index < -0.39 is 0 Å². The van der Waals surface area contributed by atoms with Crippen molar-refractivity contribution in [3.05, 3.63) is 0 Å². The van der Waals surface area contributed by atoms with Crippen LogP contribution in [0.15, 0.2) is 0 Å². The van der Waals surface area contributed by atoms with Crippen LogP contribution in [-0.2, 0) is 0 Å². The first-order valence-corrected chi connectivity index (χ1v) is 8.78. The average molecular weight is 264 g/mol. The molecule has 2 heteroatoms. The Bertz CT molecular complexity index is 270. The Morgan fingerprint density at radius 2 is 1.89 bits per heavy atom. The maximum Gasteiger partial charge on any atom is 0.00124 e. The normalized spacial score (nSPS) is 36.2. The van der Waals surface area contributed by atoms with E-state index >= 15 is 0 Å². The molecule has 3 unspecified atom stereocenters. The largest absolute Gasteiger partial charge is 0.316 e. The number of nitrogens with zero attached hydrogens (tertiary/aromatic N) is 1. The molecule has 0 amide bonds. The van der Waals surface area contributed by atoms with E-state index in [-0.39, 0.29) is 0 Å². The van der Waals surface area contributed by atoms with Crippen LogP contribution in [-0.4, -0.2) is 37.6 Å². The summed E-state index contributed by atoms with van der Waals surface area (Å²) in [6.45, 7) is 8.88. The van der Waals surface area contributed by atoms with Crippen molar-refractivity contribution >= 4 is 0 Å². The summed E-state index contributed by atoms with van der Waals surface area (Å²) < 4.78 is 0. The molecule has 2 nitrogen and oxygen atoms in total. The molecule has 1 aliphatic heterocycles. The van der Waals surface area contributed by atoms with Crippen molar-refractivity contribution in [2.45, 2.75) is 51.9 Å². The van der Waals surface area contributed by atoms with Gasteiger partial charge >= 0.3 is 0 Å². The van der Waals surface area contributed by atoms with Gasteiger partial charge in [0.1, 0.15) is 0 Å². The van der Waals surface area contributed by atoms with E-state index in [1.807, 2.05) is 0 Å². The monoisotopic (exact) mass is 264 g/mol. The van der Waals surface area contributed by atoms with E-state index in [1.54, 1.807) is 25.7 Å². The lowest BCUT2D eigenvalue weighted by Crippen LogP contribution is -2.40. The van der Waals surface area contributed by atoms with E-state index in [4.69, 9.17) is 0 Å². The number of fused-ring (bicyclic) bond motifs is 2. The summed E-state index contributed by atoms with van der Waals surface area (Å²) in [7, 11) is 0. The van der Waals surface area contributed by atoms with Crippen molar-refractivity contribution in [1.29, 1.82) is 0 Å². The molecule has 0 radical (unpaired) electrons. The number of piperidine rings is 1. The van der Waals surface area contributed by atoms with E-state index in [0.717, 1.165) is 23.7 Å². The topological polar surface area (TPSA) is 15.3 Å². The fourth-order valence-corrected chi connectivity index (χ4v) is 4.79. The Morgan fingerprint density at radius 3 is 2.53 bits per heavy atom. The molecule has 3 rings (SSSR count). The van der Waals surface area contributed by atoms with Gasteiger partial charge < -0.3 is 10.2 Å². The van der Waals surface area contributed by atoms with Gasteiger partial charge in [-0.05, 0) is 88.4 Å². The molecule has 2 bridgehead atoms. The summed E-state index contributed by atoms with van der Waals surface area (Å²) in [5.74, 6) is 4.23. The molecule has 1 saturated heterocycles. The highest BCUT2D eigenvalue weighted by Gasteiger charge is 2.40. The number of rotatable bonds is 6. The van der Waals surface area contributed by atoms with Crippen LogP contribution in [0.2, 0.25) is 0 Å². The van der Waals surface area contributed by atoms with Gasteiger partial charge in [0.2, 0.25) is 0 Å². The van der Waals surface area contributed by atoms with Gasteiger partial charge in [-0.15, -0.1) is 0 Å². The van der Waals surface area contributed by atoms with Crippen LogP contribution in [0.1, 0.15) is 51.9 Å². The summed E-state index contributed by atoms with van der Waals surface area (Å²) in [4.78, 5) is 2.78. The molecule has 0 spiro atoms. The Morgan fingerprint density at radius 1 is 1.05 bits per heavy atom. The number of nitrogens with one attached hydrogen (secondary N) is 1. The van der Waals surface area contributed by atoms with E-state index in [0.29, 0.717) is 0 Å². The third kappa shape index (κ3) is 3.52. The van der Waals surface area contributed by atoms with Gasteiger partial charge in [-0.25, -0.2) is 0 Å². The summed E-state index contributed by atoms with van der Waals surface area (Å²) in [5, 5.41) is 3.60. The molecule has 1 N–H and O–H groups in total. The molecule has 0 aromatic rings. The lowest BCUT2D eigenvalue weighted by molar-refractivity contribution is 0.138. The minimum Gasteiger partial charge on any atom is -0.316 e. The van der Waals surface area contributed by atoms with Crippen molar-refractivity contribution < 1.29 is 0 Å². The molecule has 3 atom stereocenters. The molecule has 3 fully saturated rings. The first-order chi connectivity index (χ1) is 9.35. The van der Waals surface area contributed by atoms with Crippen molar-refractivity contribution in [3.8, 4) is 0 Å². The summed E-state index contributed by atoms with van der Waals surface area (Å²) in [6.07, 6.45) is 10.3. The lowest BCUT2D eigenvalue weighted by atomic mass is 9.87. The predicted octanol–water partition coefficient (Wildman–Crippen LogP) is 3.13. The van der Waals surface area contributed by atoms with E-state index in [1.165, 1.54) is 52.0 Å². The van der Waals surface area contributed by atoms with Crippen LogP contribution >= 0.6 is 0 Å². The zero-order chi connectivity index (χ0) is 13.1. The highest BCUT2D eigenvalue weighted by Crippen LogP contribution is 2.48. The molecule has 1 heterocycles. The van der Waals surface area contributed by atoms with Gasteiger partial charge in [-0.2, -0.15) is 0 Å². The fourth-order valence-electron chi connectivity index (χ4n) is 4.79. The predicted molar refractivity (Wildman–Crippen MR) is 81.3 cm³/mol. The number of likely N-dealkylation sites (tertiary alicyclic amines) is 1. The van der Waals surface area contributed by atoms with Crippen molar-refractivity contribution in [2.75, 3.05) is 32.7 Å². The quantitative estimate of drug-likeness (QED) is 0.742. The standard InChI is InChI=1S/C17H32N2/c1-2-7-18-12-14-5-8-19(9-6-14)13-17-11-15-3-4-16(17)10-15/h14-18H,2-13H2,1H3. The van der Waals surface area contributed by atoms with Crippen LogP contribution in [0.4, 0.5) is 0 Å². The van der Waals surface area contributed by atoms with E-state index in [2.05, 4.69) is 17.1 Å². The Balaban J connectivity index is 1.34. The molecule has 110 valence electrons. The highest BCUT2D eigenvalue weighted by molar-refractivity contribution is 4.91. The minimum atomic E-state index is 0.947. The second-order valence-corrected chi connectivity index (χ2v) is 7.38. The van der Waals surface area contributed by atoms with Gasteiger partial charge in [0.15, 0.2) is 0 Å². The fraction of sp³-hybridized carbons (Fsp3) is 1.00. The third-order valence-corrected chi connectivity index (χ3v) is 5.94. The molecule has 2 saturated carbocycles. The van der Waals surface area contributed by atoms with Gasteiger partial charge in [0, 0.05) is 6.54 Å². The number of hydrogen-bond acceptors (Lipinski definition) is 2. The molecule has 3 aliphatic rings. The highest BCUT2D eigenvalue weighted by atomic mass is 15.1. The zero-order valence-corrected chi connectivity index (χ0v) is 12.7. The van der Waals surface area contributed by atoms with Crippen LogP contribution in [0.25, 0.3) is 0 Å². The molecule has 2 aliphatic carbocycles. The third-order valence-electron chi connectivity index (χ3n) is 5.94. The first kappa shape index (κ1) is 13.9. The molecular formula is C17H32N2. The van der Waals surface area contributed by atoms with Gasteiger partial charge in [0.25, 0.3) is 0 Å². The summed E-state index contributed by atoms with van der Waals surface area (Å²) in [5.41, 5.74) is 0. The minimum absolute atomic E-state index is 0.947. The average Bonchev–Trinajstić information content (AvgIpc) is 3.03. The molecule has 0 aromatic heterocycles. The van der Waals surface area contributed by atoms with Gasteiger partial charge in [0.05, 0.1) is 0 Å². The second kappa shape index (κ2) is 6.58. The van der Waals surface area contributed by atoms with E-state index in [9.17, 15) is 0 Å². The van der Waals surface area contributed by atoms with Crippen molar-refractivity contribution in [3.63, 3.8) is 0 Å². The van der Waals surface area contributed by atoms with Gasteiger partial charge in [-0.3, -0.25) is 0 Å².